The summed E-state index contributed by atoms with van der Waals surface area (Å²) in [5.74, 6) is 2.87. The van der Waals surface area contributed by atoms with Gasteiger partial charge in [0, 0.05) is 6.04 Å². The first kappa shape index (κ1) is 10.5. The van der Waals surface area contributed by atoms with Crippen molar-refractivity contribution in [3.8, 4) is 0 Å². The average molecular weight is 195 g/mol. The van der Waals surface area contributed by atoms with Gasteiger partial charge in [-0.25, -0.2) is 0 Å². The third kappa shape index (κ3) is 2.13. The van der Waals surface area contributed by atoms with Crippen LogP contribution in [-0.4, -0.2) is 6.04 Å². The fourth-order valence-electron chi connectivity index (χ4n) is 3.23. The summed E-state index contributed by atoms with van der Waals surface area (Å²) in [7, 11) is 0. The molecular formula is C13H25N. The molecule has 2 aliphatic carbocycles. The van der Waals surface area contributed by atoms with Crippen molar-refractivity contribution in [2.75, 3.05) is 0 Å². The van der Waals surface area contributed by atoms with Crippen LogP contribution in [0.25, 0.3) is 0 Å². The van der Waals surface area contributed by atoms with Crippen molar-refractivity contribution in [1.29, 1.82) is 0 Å². The summed E-state index contributed by atoms with van der Waals surface area (Å²) in [6.45, 7) is 7.01. The Kier molecular flexibility index (Phi) is 2.63. The third-order valence-corrected chi connectivity index (χ3v) is 4.56. The third-order valence-electron chi connectivity index (χ3n) is 4.56. The van der Waals surface area contributed by atoms with Crippen molar-refractivity contribution >= 4 is 0 Å². The predicted molar refractivity (Wildman–Crippen MR) is 61.0 cm³/mol. The van der Waals surface area contributed by atoms with Gasteiger partial charge >= 0.3 is 0 Å². The highest BCUT2D eigenvalue weighted by Crippen LogP contribution is 2.52. The Bertz CT molecular complexity index is 197. The topological polar surface area (TPSA) is 26.0 Å². The summed E-state index contributed by atoms with van der Waals surface area (Å²) in [6, 6.07) is 0.440. The van der Waals surface area contributed by atoms with E-state index in [1.165, 1.54) is 32.1 Å². The van der Waals surface area contributed by atoms with Gasteiger partial charge < -0.3 is 5.73 Å². The molecule has 0 radical (unpaired) electrons. The lowest BCUT2D eigenvalue weighted by Gasteiger charge is -2.34. The van der Waals surface area contributed by atoms with Gasteiger partial charge in [-0.05, 0) is 62.2 Å². The van der Waals surface area contributed by atoms with Gasteiger partial charge in [-0.1, -0.05) is 13.8 Å². The van der Waals surface area contributed by atoms with Crippen molar-refractivity contribution in [3.63, 3.8) is 0 Å². The van der Waals surface area contributed by atoms with Gasteiger partial charge in [-0.15, -0.1) is 0 Å². The first-order valence-electron chi connectivity index (χ1n) is 6.25. The Morgan fingerprint density at radius 2 is 1.79 bits per heavy atom. The lowest BCUT2D eigenvalue weighted by molar-refractivity contribution is 0.172. The fourth-order valence-corrected chi connectivity index (χ4v) is 3.23. The molecule has 1 nitrogen and oxygen atoms in total. The summed E-state index contributed by atoms with van der Waals surface area (Å²) < 4.78 is 0. The van der Waals surface area contributed by atoms with Crippen LogP contribution in [0.5, 0.6) is 0 Å². The quantitative estimate of drug-likeness (QED) is 0.719. The lowest BCUT2D eigenvalue weighted by Crippen LogP contribution is -2.25. The SMILES string of the molecule is CC(N)C1CC1C1CCC(C)(C)CC1. The monoisotopic (exact) mass is 195 g/mol. The number of hydrogen-bond donors (Lipinski definition) is 1. The zero-order valence-corrected chi connectivity index (χ0v) is 9.92. The second-order valence-electron chi connectivity index (χ2n) is 6.42. The normalized spacial score (nSPS) is 39.4. The van der Waals surface area contributed by atoms with Crippen LogP contribution in [0.3, 0.4) is 0 Å². The van der Waals surface area contributed by atoms with Crippen LogP contribution in [0.2, 0.25) is 0 Å². The lowest BCUT2D eigenvalue weighted by atomic mass is 9.71. The second kappa shape index (κ2) is 3.52. The van der Waals surface area contributed by atoms with Crippen molar-refractivity contribution in [1.82, 2.24) is 0 Å². The largest absolute Gasteiger partial charge is 0.328 e. The predicted octanol–water partition coefficient (Wildman–Crippen LogP) is 3.19. The van der Waals surface area contributed by atoms with Gasteiger partial charge in [0.1, 0.15) is 0 Å². The maximum atomic E-state index is 5.95. The minimum absolute atomic E-state index is 0.440. The van der Waals surface area contributed by atoms with Crippen LogP contribution >= 0.6 is 0 Å². The second-order valence-corrected chi connectivity index (χ2v) is 6.42. The van der Waals surface area contributed by atoms with E-state index in [4.69, 9.17) is 5.73 Å². The van der Waals surface area contributed by atoms with E-state index in [0.717, 1.165) is 17.8 Å². The molecule has 0 aromatic rings. The highest BCUT2D eigenvalue weighted by molar-refractivity contribution is 4.97. The summed E-state index contributed by atoms with van der Waals surface area (Å²) in [4.78, 5) is 0. The maximum absolute atomic E-state index is 5.95. The van der Waals surface area contributed by atoms with Gasteiger partial charge in [0.15, 0.2) is 0 Å². The molecule has 2 aliphatic rings. The summed E-state index contributed by atoms with van der Waals surface area (Å²) in [6.07, 6.45) is 7.20. The van der Waals surface area contributed by atoms with E-state index in [0.29, 0.717) is 11.5 Å². The Labute approximate surface area is 88.4 Å². The van der Waals surface area contributed by atoms with Crippen molar-refractivity contribution < 1.29 is 0 Å². The van der Waals surface area contributed by atoms with E-state index in [2.05, 4.69) is 20.8 Å². The molecule has 0 heterocycles. The number of hydrogen-bond acceptors (Lipinski definition) is 1. The van der Waals surface area contributed by atoms with Crippen LogP contribution in [0.1, 0.15) is 52.9 Å². The summed E-state index contributed by atoms with van der Waals surface area (Å²) in [5.41, 5.74) is 6.57. The molecule has 0 aromatic heterocycles. The van der Waals surface area contributed by atoms with Gasteiger partial charge in [0.05, 0.1) is 0 Å². The molecule has 3 atom stereocenters. The minimum Gasteiger partial charge on any atom is -0.328 e. The molecular weight excluding hydrogens is 170 g/mol. The molecule has 2 rings (SSSR count). The Morgan fingerprint density at radius 1 is 1.21 bits per heavy atom. The van der Waals surface area contributed by atoms with Gasteiger partial charge in [0.2, 0.25) is 0 Å². The number of rotatable bonds is 2. The van der Waals surface area contributed by atoms with Gasteiger partial charge in [-0.3, -0.25) is 0 Å². The Morgan fingerprint density at radius 3 is 2.21 bits per heavy atom. The Balaban J connectivity index is 1.80. The summed E-state index contributed by atoms with van der Waals surface area (Å²) in [5, 5.41) is 0. The molecule has 3 unspecified atom stereocenters. The molecule has 2 N–H and O–H groups in total. The van der Waals surface area contributed by atoms with E-state index in [1.54, 1.807) is 0 Å². The van der Waals surface area contributed by atoms with Crippen LogP contribution in [0, 0.1) is 23.2 Å². The van der Waals surface area contributed by atoms with Gasteiger partial charge in [0.25, 0.3) is 0 Å². The van der Waals surface area contributed by atoms with Crippen LogP contribution < -0.4 is 5.73 Å². The highest BCUT2D eigenvalue weighted by Gasteiger charge is 2.45. The molecule has 82 valence electrons. The van der Waals surface area contributed by atoms with E-state index in [9.17, 15) is 0 Å². The molecule has 2 fully saturated rings. The Hall–Kier alpha value is -0.0400. The molecule has 0 aliphatic heterocycles. The molecule has 2 saturated carbocycles. The first-order chi connectivity index (χ1) is 6.49. The maximum Gasteiger partial charge on any atom is 0.00416 e. The summed E-state index contributed by atoms with van der Waals surface area (Å²) >= 11 is 0. The van der Waals surface area contributed by atoms with E-state index in [1.807, 2.05) is 0 Å². The van der Waals surface area contributed by atoms with E-state index in [-0.39, 0.29) is 0 Å². The molecule has 1 heteroatoms. The van der Waals surface area contributed by atoms with Crippen molar-refractivity contribution in [3.05, 3.63) is 0 Å². The van der Waals surface area contributed by atoms with Crippen molar-refractivity contribution in [2.45, 2.75) is 58.9 Å². The standard InChI is InChI=1S/C13H25N/c1-9(14)11-8-12(11)10-4-6-13(2,3)7-5-10/h9-12H,4-8,14H2,1-3H3. The van der Waals surface area contributed by atoms with E-state index >= 15 is 0 Å². The molecule has 0 spiro atoms. The van der Waals surface area contributed by atoms with Crippen LogP contribution in [-0.2, 0) is 0 Å². The highest BCUT2D eigenvalue weighted by atomic mass is 14.7. The van der Waals surface area contributed by atoms with Crippen LogP contribution in [0.15, 0.2) is 0 Å². The smallest absolute Gasteiger partial charge is 0.00416 e. The minimum atomic E-state index is 0.440. The zero-order chi connectivity index (χ0) is 10.3. The molecule has 0 bridgehead atoms. The first-order valence-corrected chi connectivity index (χ1v) is 6.25. The molecule has 0 amide bonds. The van der Waals surface area contributed by atoms with Gasteiger partial charge in [-0.2, -0.15) is 0 Å². The zero-order valence-electron chi connectivity index (χ0n) is 9.92. The molecule has 14 heavy (non-hydrogen) atoms. The van der Waals surface area contributed by atoms with E-state index < -0.39 is 0 Å². The number of nitrogens with two attached hydrogens (primary N) is 1. The molecule has 0 saturated heterocycles. The van der Waals surface area contributed by atoms with Crippen molar-refractivity contribution in [2.24, 2.45) is 28.9 Å². The average Bonchev–Trinajstić information content (AvgIpc) is 2.83. The fraction of sp³-hybridized carbons (Fsp3) is 1.00. The van der Waals surface area contributed by atoms with Crippen LogP contribution in [0.4, 0.5) is 0 Å². The molecule has 0 aromatic carbocycles.